The van der Waals surface area contributed by atoms with Gasteiger partial charge in [-0.05, 0) is 13.8 Å². The van der Waals surface area contributed by atoms with E-state index in [4.69, 9.17) is 11.6 Å². The Labute approximate surface area is 99.8 Å². The Hall–Kier alpha value is -1.36. The zero-order valence-corrected chi connectivity index (χ0v) is 10.2. The van der Waals surface area contributed by atoms with Crippen molar-refractivity contribution in [1.29, 1.82) is 0 Å². The van der Waals surface area contributed by atoms with E-state index in [1.54, 1.807) is 4.90 Å². The minimum absolute atomic E-state index is 0.0341. The van der Waals surface area contributed by atoms with Crippen molar-refractivity contribution in [3.63, 3.8) is 0 Å². The molecule has 0 fully saturated rings. The average Bonchev–Trinajstić information content (AvgIpc) is 2.28. The standard InChI is InChI=1S/C10H15ClN4O/c1-3-15(4-2)10(16)7-13-9-6-12-5-8(11)14-9/h5-6H,3-4,7H2,1-2H3,(H,13,14). The lowest BCUT2D eigenvalue weighted by atomic mass is 10.4. The van der Waals surface area contributed by atoms with Crippen LogP contribution in [0.3, 0.4) is 0 Å². The summed E-state index contributed by atoms with van der Waals surface area (Å²) in [4.78, 5) is 21.2. The van der Waals surface area contributed by atoms with E-state index in [2.05, 4.69) is 15.3 Å². The van der Waals surface area contributed by atoms with Gasteiger partial charge in [0.05, 0.1) is 18.9 Å². The predicted molar refractivity (Wildman–Crippen MR) is 63.5 cm³/mol. The van der Waals surface area contributed by atoms with Gasteiger partial charge < -0.3 is 10.2 Å². The minimum atomic E-state index is 0.0341. The van der Waals surface area contributed by atoms with Gasteiger partial charge in [-0.15, -0.1) is 0 Å². The number of anilines is 1. The molecule has 1 aromatic heterocycles. The van der Waals surface area contributed by atoms with Gasteiger partial charge in [0.1, 0.15) is 11.0 Å². The summed E-state index contributed by atoms with van der Waals surface area (Å²) in [5.74, 6) is 0.541. The van der Waals surface area contributed by atoms with E-state index >= 15 is 0 Å². The quantitative estimate of drug-likeness (QED) is 0.848. The minimum Gasteiger partial charge on any atom is -0.360 e. The molecule has 0 aliphatic rings. The van der Waals surface area contributed by atoms with Crippen LogP contribution in [0.1, 0.15) is 13.8 Å². The summed E-state index contributed by atoms with van der Waals surface area (Å²) in [5.41, 5.74) is 0. The largest absolute Gasteiger partial charge is 0.360 e. The topological polar surface area (TPSA) is 58.1 Å². The fourth-order valence-corrected chi connectivity index (χ4v) is 1.43. The molecule has 0 bridgehead atoms. The first kappa shape index (κ1) is 12.7. The maximum atomic E-state index is 11.6. The number of amides is 1. The van der Waals surface area contributed by atoms with Crippen molar-refractivity contribution in [1.82, 2.24) is 14.9 Å². The molecule has 5 nitrogen and oxygen atoms in total. The third-order valence-electron chi connectivity index (χ3n) is 2.14. The SMILES string of the molecule is CCN(CC)C(=O)CNc1cncc(Cl)n1. The van der Waals surface area contributed by atoms with Crippen LogP contribution in [-0.2, 0) is 4.79 Å². The highest BCUT2D eigenvalue weighted by atomic mass is 35.5. The van der Waals surface area contributed by atoms with Crippen molar-refractivity contribution < 1.29 is 4.79 Å². The number of hydrogen-bond donors (Lipinski definition) is 1. The lowest BCUT2D eigenvalue weighted by Crippen LogP contribution is -2.35. The maximum Gasteiger partial charge on any atom is 0.241 e. The molecular weight excluding hydrogens is 228 g/mol. The molecule has 0 aromatic carbocycles. The van der Waals surface area contributed by atoms with Gasteiger partial charge in [-0.25, -0.2) is 4.98 Å². The highest BCUT2D eigenvalue weighted by Gasteiger charge is 2.08. The number of nitrogens with one attached hydrogen (secondary N) is 1. The molecule has 0 saturated heterocycles. The van der Waals surface area contributed by atoms with Gasteiger partial charge in [0.25, 0.3) is 0 Å². The van der Waals surface area contributed by atoms with Crippen molar-refractivity contribution in [3.8, 4) is 0 Å². The number of carbonyl (C=O) groups is 1. The fourth-order valence-electron chi connectivity index (χ4n) is 1.28. The van der Waals surface area contributed by atoms with Gasteiger partial charge >= 0.3 is 0 Å². The van der Waals surface area contributed by atoms with Crippen LogP contribution >= 0.6 is 11.6 Å². The molecule has 0 unspecified atom stereocenters. The number of carbonyl (C=O) groups excluding carboxylic acids is 1. The van der Waals surface area contributed by atoms with Crippen LogP contribution in [0, 0.1) is 0 Å². The van der Waals surface area contributed by atoms with Crippen molar-refractivity contribution in [2.75, 3.05) is 25.0 Å². The number of aromatic nitrogens is 2. The van der Waals surface area contributed by atoms with Gasteiger partial charge in [0.15, 0.2) is 0 Å². The molecule has 1 aromatic rings. The number of rotatable bonds is 5. The molecule has 88 valence electrons. The summed E-state index contributed by atoms with van der Waals surface area (Å²) in [6.07, 6.45) is 2.97. The highest BCUT2D eigenvalue weighted by molar-refractivity contribution is 6.29. The Balaban J connectivity index is 2.48. The van der Waals surface area contributed by atoms with E-state index in [0.717, 1.165) is 0 Å². The Kier molecular flexibility index (Phi) is 4.98. The van der Waals surface area contributed by atoms with Crippen LogP contribution in [-0.4, -0.2) is 40.4 Å². The van der Waals surface area contributed by atoms with Gasteiger partial charge in [-0.2, -0.15) is 0 Å². The molecule has 0 aliphatic heterocycles. The van der Waals surface area contributed by atoms with Crippen molar-refractivity contribution in [2.45, 2.75) is 13.8 Å². The molecule has 0 radical (unpaired) electrons. The lowest BCUT2D eigenvalue weighted by Gasteiger charge is -2.18. The molecule has 16 heavy (non-hydrogen) atoms. The van der Waals surface area contributed by atoms with Crippen LogP contribution in [0.25, 0.3) is 0 Å². The lowest BCUT2D eigenvalue weighted by molar-refractivity contribution is -0.128. The van der Waals surface area contributed by atoms with E-state index in [0.29, 0.717) is 24.1 Å². The van der Waals surface area contributed by atoms with Crippen molar-refractivity contribution in [2.24, 2.45) is 0 Å². The summed E-state index contributed by atoms with van der Waals surface area (Å²) in [5, 5.41) is 3.19. The summed E-state index contributed by atoms with van der Waals surface area (Å²) in [6, 6.07) is 0. The normalized spacial score (nSPS) is 9.94. The zero-order valence-electron chi connectivity index (χ0n) is 9.40. The van der Waals surface area contributed by atoms with E-state index < -0.39 is 0 Å². The molecule has 1 rings (SSSR count). The second-order valence-electron chi connectivity index (χ2n) is 3.15. The first-order valence-corrected chi connectivity index (χ1v) is 5.54. The second kappa shape index (κ2) is 6.27. The third kappa shape index (κ3) is 3.66. The van der Waals surface area contributed by atoms with Gasteiger partial charge in [0.2, 0.25) is 5.91 Å². The molecule has 1 amide bonds. The van der Waals surface area contributed by atoms with Gasteiger partial charge in [0, 0.05) is 13.1 Å². The molecule has 0 spiro atoms. The Morgan fingerprint density at radius 3 is 2.69 bits per heavy atom. The van der Waals surface area contributed by atoms with Crippen LogP contribution in [0.5, 0.6) is 0 Å². The summed E-state index contributed by atoms with van der Waals surface area (Å²) in [6.45, 7) is 5.51. The predicted octanol–water partition coefficient (Wildman–Crippen LogP) is 1.41. The molecule has 1 N–H and O–H groups in total. The first-order chi connectivity index (χ1) is 7.67. The number of nitrogens with zero attached hydrogens (tertiary/aromatic N) is 3. The van der Waals surface area contributed by atoms with E-state index in [9.17, 15) is 4.79 Å². The molecule has 0 atom stereocenters. The van der Waals surface area contributed by atoms with E-state index in [1.165, 1.54) is 12.4 Å². The number of hydrogen-bond acceptors (Lipinski definition) is 4. The fraction of sp³-hybridized carbons (Fsp3) is 0.500. The van der Waals surface area contributed by atoms with Crippen molar-refractivity contribution in [3.05, 3.63) is 17.5 Å². The highest BCUT2D eigenvalue weighted by Crippen LogP contribution is 2.06. The second-order valence-corrected chi connectivity index (χ2v) is 3.53. The molecular formula is C10H15ClN4O. The molecule has 6 heteroatoms. The summed E-state index contributed by atoms with van der Waals surface area (Å²) >= 11 is 5.67. The van der Waals surface area contributed by atoms with Crippen molar-refractivity contribution >= 4 is 23.3 Å². The Morgan fingerprint density at radius 1 is 1.44 bits per heavy atom. The average molecular weight is 243 g/mol. The number of likely N-dealkylation sites (N-methyl/N-ethyl adjacent to an activating group) is 1. The van der Waals surface area contributed by atoms with Crippen LogP contribution in [0.2, 0.25) is 5.15 Å². The summed E-state index contributed by atoms with van der Waals surface area (Å²) in [7, 11) is 0. The summed E-state index contributed by atoms with van der Waals surface area (Å²) < 4.78 is 0. The smallest absolute Gasteiger partial charge is 0.241 e. The Morgan fingerprint density at radius 2 is 2.12 bits per heavy atom. The molecule has 0 saturated carbocycles. The van der Waals surface area contributed by atoms with Gasteiger partial charge in [-0.3, -0.25) is 9.78 Å². The monoisotopic (exact) mass is 242 g/mol. The van der Waals surface area contributed by atoms with Gasteiger partial charge in [-0.1, -0.05) is 11.6 Å². The first-order valence-electron chi connectivity index (χ1n) is 5.16. The van der Waals surface area contributed by atoms with Crippen LogP contribution in [0.4, 0.5) is 5.82 Å². The maximum absolute atomic E-state index is 11.6. The van der Waals surface area contributed by atoms with E-state index in [1.807, 2.05) is 13.8 Å². The van der Waals surface area contributed by atoms with Crippen LogP contribution in [0.15, 0.2) is 12.4 Å². The molecule has 0 aliphatic carbocycles. The van der Waals surface area contributed by atoms with Crippen LogP contribution < -0.4 is 5.32 Å². The molecule has 1 heterocycles. The number of halogens is 1. The third-order valence-corrected chi connectivity index (χ3v) is 2.32. The zero-order chi connectivity index (χ0) is 12.0. The van der Waals surface area contributed by atoms with E-state index in [-0.39, 0.29) is 12.5 Å². The Bertz CT molecular complexity index is 354.